The Hall–Kier alpha value is -2.22. The molecule has 4 rings (SSSR count). The van der Waals surface area contributed by atoms with Gasteiger partial charge in [0.25, 0.3) is 0 Å². The molecule has 0 bridgehead atoms. The zero-order chi connectivity index (χ0) is 20.5. The Kier molecular flexibility index (Phi) is 5.72. The third-order valence-corrected chi connectivity index (χ3v) is 5.76. The van der Waals surface area contributed by atoms with Crippen LogP contribution in [0.1, 0.15) is 28.4 Å². The van der Waals surface area contributed by atoms with E-state index in [1.54, 1.807) is 0 Å². The SMILES string of the molecule is COc1ccc(CC2=Cc3ccccc3C2)cc1[C@@H]1O[C@H](CO)[C@@H](O)C(O)[C@H]1O. The molecule has 0 amide bonds. The molecule has 1 aliphatic carbocycles. The van der Waals surface area contributed by atoms with Crippen LogP contribution in [0.4, 0.5) is 0 Å². The number of hydrogen-bond donors (Lipinski definition) is 4. The van der Waals surface area contributed by atoms with Gasteiger partial charge in [0.15, 0.2) is 0 Å². The Morgan fingerprint density at radius 3 is 2.55 bits per heavy atom. The molecule has 0 aromatic heterocycles. The molecular formula is C23H26O6. The first-order valence-electron chi connectivity index (χ1n) is 9.76. The first kappa shape index (κ1) is 20.1. The maximum atomic E-state index is 10.5. The second kappa shape index (κ2) is 8.26. The number of benzene rings is 2. The van der Waals surface area contributed by atoms with Crippen molar-refractivity contribution in [2.24, 2.45) is 0 Å². The Morgan fingerprint density at radius 2 is 1.83 bits per heavy atom. The summed E-state index contributed by atoms with van der Waals surface area (Å²) in [6, 6.07) is 14.0. The molecular weight excluding hydrogens is 372 g/mol. The molecule has 0 saturated carbocycles. The summed E-state index contributed by atoms with van der Waals surface area (Å²) in [5.74, 6) is 0.516. The number of allylic oxidation sites excluding steroid dienone is 1. The van der Waals surface area contributed by atoms with Gasteiger partial charge < -0.3 is 29.9 Å². The molecule has 1 aliphatic heterocycles. The van der Waals surface area contributed by atoms with E-state index in [9.17, 15) is 20.4 Å². The molecule has 5 atom stereocenters. The minimum Gasteiger partial charge on any atom is -0.496 e. The van der Waals surface area contributed by atoms with Gasteiger partial charge in [-0.15, -0.1) is 0 Å². The number of aliphatic hydroxyl groups excluding tert-OH is 4. The van der Waals surface area contributed by atoms with Crippen molar-refractivity contribution in [1.29, 1.82) is 0 Å². The van der Waals surface area contributed by atoms with Crippen LogP contribution >= 0.6 is 0 Å². The van der Waals surface area contributed by atoms with Crippen LogP contribution in [0.15, 0.2) is 48.0 Å². The molecule has 6 heteroatoms. The zero-order valence-electron chi connectivity index (χ0n) is 16.2. The number of aliphatic hydroxyl groups is 4. The van der Waals surface area contributed by atoms with Crippen LogP contribution in [-0.4, -0.2) is 58.6 Å². The van der Waals surface area contributed by atoms with Crippen molar-refractivity contribution in [2.45, 2.75) is 43.4 Å². The van der Waals surface area contributed by atoms with Crippen LogP contribution in [-0.2, 0) is 17.6 Å². The minimum atomic E-state index is -1.42. The normalized spacial score (nSPS) is 28.7. The van der Waals surface area contributed by atoms with Crippen molar-refractivity contribution in [2.75, 3.05) is 13.7 Å². The molecule has 2 aromatic rings. The third kappa shape index (κ3) is 3.82. The summed E-state index contributed by atoms with van der Waals surface area (Å²) < 4.78 is 11.2. The lowest BCUT2D eigenvalue weighted by Crippen LogP contribution is -2.55. The second-order valence-corrected chi connectivity index (χ2v) is 7.68. The monoisotopic (exact) mass is 398 g/mol. The fourth-order valence-corrected chi connectivity index (χ4v) is 4.20. The number of rotatable bonds is 5. The van der Waals surface area contributed by atoms with Gasteiger partial charge in [0, 0.05) is 5.56 Å². The summed E-state index contributed by atoms with van der Waals surface area (Å²) in [5.41, 5.74) is 5.45. The maximum Gasteiger partial charge on any atom is 0.124 e. The van der Waals surface area contributed by atoms with E-state index in [1.807, 2.05) is 30.3 Å². The summed E-state index contributed by atoms with van der Waals surface area (Å²) in [4.78, 5) is 0. The summed E-state index contributed by atoms with van der Waals surface area (Å²) in [6.07, 6.45) is -2.19. The van der Waals surface area contributed by atoms with Crippen molar-refractivity contribution in [3.8, 4) is 5.75 Å². The molecule has 29 heavy (non-hydrogen) atoms. The van der Waals surface area contributed by atoms with Crippen LogP contribution in [0.3, 0.4) is 0 Å². The number of ether oxygens (including phenoxy) is 2. The first-order chi connectivity index (χ1) is 14.0. The summed E-state index contributed by atoms with van der Waals surface area (Å²) in [6.45, 7) is -0.464. The highest BCUT2D eigenvalue weighted by Crippen LogP contribution is 2.38. The van der Waals surface area contributed by atoms with Crippen molar-refractivity contribution in [1.82, 2.24) is 0 Å². The predicted molar refractivity (Wildman–Crippen MR) is 108 cm³/mol. The van der Waals surface area contributed by atoms with E-state index in [-0.39, 0.29) is 0 Å². The maximum absolute atomic E-state index is 10.5. The van der Waals surface area contributed by atoms with E-state index >= 15 is 0 Å². The van der Waals surface area contributed by atoms with E-state index in [4.69, 9.17) is 9.47 Å². The Labute approximate surface area is 169 Å². The summed E-state index contributed by atoms with van der Waals surface area (Å²) >= 11 is 0. The molecule has 1 saturated heterocycles. The lowest BCUT2D eigenvalue weighted by Gasteiger charge is -2.40. The summed E-state index contributed by atoms with van der Waals surface area (Å²) in [5, 5.41) is 40.2. The minimum absolute atomic E-state index is 0.464. The van der Waals surface area contributed by atoms with E-state index in [0.29, 0.717) is 11.3 Å². The van der Waals surface area contributed by atoms with Gasteiger partial charge in [-0.05, 0) is 41.7 Å². The molecule has 2 aromatic carbocycles. The fraction of sp³-hybridized carbons (Fsp3) is 0.391. The van der Waals surface area contributed by atoms with E-state index < -0.39 is 37.1 Å². The van der Waals surface area contributed by atoms with Crippen molar-refractivity contribution >= 4 is 6.08 Å². The molecule has 1 heterocycles. The van der Waals surface area contributed by atoms with Crippen LogP contribution in [0.5, 0.6) is 5.75 Å². The smallest absolute Gasteiger partial charge is 0.124 e. The van der Waals surface area contributed by atoms with Gasteiger partial charge in [0.05, 0.1) is 13.7 Å². The molecule has 2 aliphatic rings. The largest absolute Gasteiger partial charge is 0.496 e. The first-order valence-corrected chi connectivity index (χ1v) is 9.76. The van der Waals surface area contributed by atoms with Gasteiger partial charge in [-0.2, -0.15) is 0 Å². The molecule has 0 radical (unpaired) electrons. The standard InChI is InChI=1S/C23H26O6/c1-28-18-7-6-13(8-14-9-15-4-2-3-5-16(15)10-14)11-17(18)23-22(27)21(26)20(25)19(12-24)29-23/h2-7,9,11,19-27H,8,10,12H2,1H3/t19-,20-,21?,22-,23+/m1/s1. The number of fused-ring (bicyclic) bond motifs is 1. The Balaban J connectivity index is 1.61. The van der Waals surface area contributed by atoms with Crippen LogP contribution in [0.25, 0.3) is 6.08 Å². The van der Waals surface area contributed by atoms with Gasteiger partial charge in [0.2, 0.25) is 0 Å². The average molecular weight is 398 g/mol. The van der Waals surface area contributed by atoms with Crippen LogP contribution < -0.4 is 4.74 Å². The van der Waals surface area contributed by atoms with Crippen LogP contribution in [0, 0.1) is 0 Å². The molecule has 6 nitrogen and oxygen atoms in total. The second-order valence-electron chi connectivity index (χ2n) is 7.68. The highest BCUT2D eigenvalue weighted by molar-refractivity contribution is 5.64. The van der Waals surface area contributed by atoms with Crippen LogP contribution in [0.2, 0.25) is 0 Å². The molecule has 4 N–H and O–H groups in total. The van der Waals surface area contributed by atoms with E-state index in [0.717, 1.165) is 18.4 Å². The lowest BCUT2D eigenvalue weighted by molar-refractivity contribution is -0.232. The fourth-order valence-electron chi connectivity index (χ4n) is 4.20. The van der Waals surface area contributed by atoms with Gasteiger partial charge >= 0.3 is 0 Å². The van der Waals surface area contributed by atoms with Gasteiger partial charge in [-0.1, -0.05) is 42.0 Å². The van der Waals surface area contributed by atoms with Crippen molar-refractivity contribution in [3.05, 3.63) is 70.3 Å². The van der Waals surface area contributed by atoms with E-state index in [2.05, 4.69) is 18.2 Å². The molecule has 1 fully saturated rings. The van der Waals surface area contributed by atoms with Crippen molar-refractivity contribution in [3.63, 3.8) is 0 Å². The average Bonchev–Trinajstić information content (AvgIpc) is 3.14. The van der Waals surface area contributed by atoms with Gasteiger partial charge in [-0.3, -0.25) is 0 Å². The van der Waals surface area contributed by atoms with Crippen molar-refractivity contribution < 1.29 is 29.9 Å². The topological polar surface area (TPSA) is 99.4 Å². The molecule has 154 valence electrons. The highest BCUT2D eigenvalue weighted by atomic mass is 16.5. The Morgan fingerprint density at radius 1 is 1.03 bits per heavy atom. The number of hydrogen-bond acceptors (Lipinski definition) is 6. The number of methoxy groups -OCH3 is 1. The third-order valence-electron chi connectivity index (χ3n) is 5.76. The molecule has 0 spiro atoms. The Bertz CT molecular complexity index is 906. The predicted octanol–water partition coefficient (Wildman–Crippen LogP) is 1.39. The lowest BCUT2D eigenvalue weighted by atomic mass is 9.89. The summed E-state index contributed by atoms with van der Waals surface area (Å²) in [7, 11) is 1.53. The molecule has 1 unspecified atom stereocenters. The highest BCUT2D eigenvalue weighted by Gasteiger charge is 2.44. The van der Waals surface area contributed by atoms with Gasteiger partial charge in [0.1, 0.15) is 36.3 Å². The van der Waals surface area contributed by atoms with E-state index in [1.165, 1.54) is 23.8 Å². The van der Waals surface area contributed by atoms with Gasteiger partial charge in [-0.25, -0.2) is 0 Å². The quantitative estimate of drug-likeness (QED) is 0.608. The zero-order valence-corrected chi connectivity index (χ0v) is 16.2.